The lowest BCUT2D eigenvalue weighted by molar-refractivity contribution is -0.136. The molecule has 2 atom stereocenters. The second kappa shape index (κ2) is 7.11. The first-order valence-corrected chi connectivity index (χ1v) is 8.05. The van der Waals surface area contributed by atoms with Gasteiger partial charge >= 0.3 is 0 Å². The van der Waals surface area contributed by atoms with Crippen molar-refractivity contribution in [3.63, 3.8) is 0 Å². The molecule has 0 bridgehead atoms. The normalized spacial score (nSPS) is 19.2. The van der Waals surface area contributed by atoms with Crippen molar-refractivity contribution in [2.75, 3.05) is 0 Å². The second-order valence-electron chi connectivity index (χ2n) is 5.85. The highest BCUT2D eigenvalue weighted by molar-refractivity contribution is 6.30. The van der Waals surface area contributed by atoms with Crippen LogP contribution in [0.2, 0.25) is 5.02 Å². The molecule has 1 unspecified atom stereocenters. The number of piperidine rings is 1. The number of hydrogen-bond acceptors (Lipinski definition) is 5. The Bertz CT molecular complexity index is 744. The molecule has 1 fully saturated rings. The predicted molar refractivity (Wildman–Crippen MR) is 86.0 cm³/mol. The Kier molecular flexibility index (Phi) is 4.92. The largest absolute Gasteiger partial charge is 0.386 e. The topological polar surface area (TPSA) is 97.1 Å². The van der Waals surface area contributed by atoms with E-state index in [1.165, 1.54) is 0 Å². The minimum atomic E-state index is -0.729. The maximum atomic E-state index is 11.8. The Morgan fingerprint density at radius 3 is 2.79 bits per heavy atom. The second-order valence-corrected chi connectivity index (χ2v) is 6.29. The van der Waals surface area contributed by atoms with E-state index < -0.39 is 6.10 Å². The summed E-state index contributed by atoms with van der Waals surface area (Å²) in [5.41, 5.74) is 1.40. The van der Waals surface area contributed by atoms with Crippen LogP contribution in [0.3, 0.4) is 0 Å². The number of rotatable bonds is 5. The first-order valence-electron chi connectivity index (χ1n) is 7.67. The Hall–Kier alpha value is -2.25. The van der Waals surface area contributed by atoms with Gasteiger partial charge in [-0.05, 0) is 24.1 Å². The zero-order valence-corrected chi connectivity index (χ0v) is 13.6. The Morgan fingerprint density at radius 2 is 2.08 bits per heavy atom. The molecule has 2 aromatic rings. The number of aromatic nitrogens is 3. The minimum absolute atomic E-state index is 0.231. The van der Waals surface area contributed by atoms with Gasteiger partial charge in [0, 0.05) is 30.0 Å². The van der Waals surface area contributed by atoms with Crippen LogP contribution in [-0.4, -0.2) is 31.9 Å². The summed E-state index contributed by atoms with van der Waals surface area (Å²) >= 11 is 5.83. The van der Waals surface area contributed by atoms with E-state index in [4.69, 9.17) is 11.6 Å². The fourth-order valence-corrected chi connectivity index (χ4v) is 2.80. The summed E-state index contributed by atoms with van der Waals surface area (Å²) in [5, 5.41) is 21.2. The molecule has 7 nitrogen and oxygen atoms in total. The van der Waals surface area contributed by atoms with Crippen molar-refractivity contribution in [2.45, 2.75) is 31.9 Å². The molecule has 126 valence electrons. The van der Waals surface area contributed by atoms with Crippen LogP contribution in [0.5, 0.6) is 0 Å². The SMILES string of the molecule is O=C1CCC(Cc2cn(C[C@@H](O)c3ccc(Cl)cc3)nn2)C(=O)N1. The van der Waals surface area contributed by atoms with Gasteiger partial charge in [0.15, 0.2) is 0 Å². The Labute approximate surface area is 143 Å². The molecular formula is C16H17ClN4O3. The van der Waals surface area contributed by atoms with Gasteiger partial charge in [-0.3, -0.25) is 14.9 Å². The summed E-state index contributed by atoms with van der Waals surface area (Å²) in [6.07, 6.45) is 2.27. The van der Waals surface area contributed by atoms with Gasteiger partial charge in [0.1, 0.15) is 0 Å². The minimum Gasteiger partial charge on any atom is -0.386 e. The van der Waals surface area contributed by atoms with Crippen LogP contribution in [-0.2, 0) is 22.6 Å². The molecule has 2 amide bonds. The lowest BCUT2D eigenvalue weighted by atomic mass is 9.94. The molecule has 1 aromatic heterocycles. The molecule has 0 spiro atoms. The summed E-state index contributed by atoms with van der Waals surface area (Å²) < 4.78 is 1.54. The van der Waals surface area contributed by atoms with Crippen molar-refractivity contribution >= 4 is 23.4 Å². The number of carbonyl (C=O) groups is 2. The van der Waals surface area contributed by atoms with E-state index in [-0.39, 0.29) is 24.3 Å². The van der Waals surface area contributed by atoms with E-state index in [1.54, 1.807) is 35.1 Å². The molecule has 0 aliphatic carbocycles. The summed E-state index contributed by atoms with van der Waals surface area (Å²) in [7, 11) is 0. The van der Waals surface area contributed by atoms with Crippen LogP contribution < -0.4 is 5.32 Å². The summed E-state index contributed by atoms with van der Waals surface area (Å²) in [4.78, 5) is 22.9. The quantitative estimate of drug-likeness (QED) is 0.793. The van der Waals surface area contributed by atoms with Gasteiger partial charge in [-0.25, -0.2) is 4.68 Å². The van der Waals surface area contributed by atoms with Gasteiger partial charge in [-0.15, -0.1) is 5.10 Å². The molecule has 0 radical (unpaired) electrons. The summed E-state index contributed by atoms with van der Waals surface area (Å²) in [6.45, 7) is 0.254. The molecular weight excluding hydrogens is 332 g/mol. The smallest absolute Gasteiger partial charge is 0.230 e. The number of amides is 2. The molecule has 0 saturated carbocycles. The van der Waals surface area contributed by atoms with Crippen molar-refractivity contribution in [3.05, 3.63) is 46.7 Å². The number of imide groups is 1. The molecule has 2 N–H and O–H groups in total. The highest BCUT2D eigenvalue weighted by Gasteiger charge is 2.27. The maximum absolute atomic E-state index is 11.8. The van der Waals surface area contributed by atoms with Gasteiger partial charge < -0.3 is 5.11 Å². The fraction of sp³-hybridized carbons (Fsp3) is 0.375. The predicted octanol–water partition coefficient (Wildman–Crippen LogP) is 1.26. The average molecular weight is 349 g/mol. The number of aliphatic hydroxyl groups excluding tert-OH is 1. The van der Waals surface area contributed by atoms with Gasteiger partial charge in [-0.1, -0.05) is 28.9 Å². The molecule has 1 aromatic carbocycles. The third kappa shape index (κ3) is 3.98. The van der Waals surface area contributed by atoms with E-state index in [0.29, 0.717) is 30.0 Å². The highest BCUT2D eigenvalue weighted by atomic mass is 35.5. The van der Waals surface area contributed by atoms with Crippen molar-refractivity contribution < 1.29 is 14.7 Å². The van der Waals surface area contributed by atoms with E-state index in [0.717, 1.165) is 5.56 Å². The van der Waals surface area contributed by atoms with Crippen molar-refractivity contribution in [1.29, 1.82) is 0 Å². The van der Waals surface area contributed by atoms with Crippen LogP contribution >= 0.6 is 11.6 Å². The number of benzene rings is 1. The van der Waals surface area contributed by atoms with E-state index >= 15 is 0 Å². The molecule has 8 heteroatoms. The van der Waals surface area contributed by atoms with Crippen molar-refractivity contribution in [3.8, 4) is 0 Å². The zero-order valence-electron chi connectivity index (χ0n) is 12.9. The molecule has 3 rings (SSSR count). The van der Waals surface area contributed by atoms with Crippen LogP contribution in [0.4, 0.5) is 0 Å². The maximum Gasteiger partial charge on any atom is 0.230 e. The van der Waals surface area contributed by atoms with Gasteiger partial charge in [0.05, 0.1) is 18.3 Å². The van der Waals surface area contributed by atoms with E-state index in [1.807, 2.05) is 0 Å². The fourth-order valence-electron chi connectivity index (χ4n) is 2.67. The third-order valence-corrected chi connectivity index (χ3v) is 4.26. The van der Waals surface area contributed by atoms with Crippen molar-refractivity contribution in [2.24, 2.45) is 5.92 Å². The van der Waals surface area contributed by atoms with Crippen LogP contribution in [0, 0.1) is 5.92 Å². The molecule has 1 saturated heterocycles. The monoisotopic (exact) mass is 348 g/mol. The van der Waals surface area contributed by atoms with Crippen LogP contribution in [0.15, 0.2) is 30.5 Å². The van der Waals surface area contributed by atoms with Crippen molar-refractivity contribution in [1.82, 2.24) is 20.3 Å². The number of hydrogen-bond donors (Lipinski definition) is 2. The van der Waals surface area contributed by atoms with Crippen LogP contribution in [0.1, 0.15) is 30.2 Å². The lowest BCUT2D eigenvalue weighted by Crippen LogP contribution is -2.41. The summed E-state index contributed by atoms with van der Waals surface area (Å²) in [5.74, 6) is -0.762. The first kappa shape index (κ1) is 16.6. The number of nitrogens with one attached hydrogen (secondary N) is 1. The number of halogens is 1. The Morgan fingerprint density at radius 1 is 1.33 bits per heavy atom. The number of aliphatic hydroxyl groups is 1. The van der Waals surface area contributed by atoms with Gasteiger partial charge in [0.25, 0.3) is 0 Å². The zero-order chi connectivity index (χ0) is 17.1. The average Bonchev–Trinajstić information content (AvgIpc) is 2.98. The molecule has 2 heterocycles. The number of nitrogens with zero attached hydrogens (tertiary/aromatic N) is 3. The summed E-state index contributed by atoms with van der Waals surface area (Å²) in [6, 6.07) is 6.95. The van der Waals surface area contributed by atoms with E-state index in [2.05, 4.69) is 15.6 Å². The Balaban J connectivity index is 1.60. The lowest BCUT2D eigenvalue weighted by Gasteiger charge is -2.19. The molecule has 1 aliphatic heterocycles. The van der Waals surface area contributed by atoms with Gasteiger partial charge in [0.2, 0.25) is 11.8 Å². The highest BCUT2D eigenvalue weighted by Crippen LogP contribution is 2.19. The standard InChI is InChI=1S/C16H17ClN4O3/c17-12-4-1-10(2-5-12)14(22)9-21-8-13(19-20-21)7-11-3-6-15(23)18-16(11)24/h1-2,4-5,8,11,14,22H,3,6-7,9H2,(H,18,23,24)/t11?,14-/m1/s1. The molecule has 24 heavy (non-hydrogen) atoms. The molecule has 1 aliphatic rings. The number of carbonyl (C=O) groups excluding carboxylic acids is 2. The van der Waals surface area contributed by atoms with E-state index in [9.17, 15) is 14.7 Å². The van der Waals surface area contributed by atoms with Gasteiger partial charge in [-0.2, -0.15) is 0 Å². The third-order valence-electron chi connectivity index (χ3n) is 4.01. The first-order chi connectivity index (χ1) is 11.5. The van der Waals surface area contributed by atoms with Crippen LogP contribution in [0.25, 0.3) is 0 Å².